The van der Waals surface area contributed by atoms with Crippen LogP contribution in [-0.2, 0) is 0 Å². The fourth-order valence-electron chi connectivity index (χ4n) is 2.22. The number of carbonyl (C=O) groups is 1. The molecule has 88 valence electrons. The molecule has 1 aliphatic heterocycles. The maximum atomic E-state index is 12.4. The van der Waals surface area contributed by atoms with Crippen LogP contribution in [0.4, 0.5) is 0 Å². The molecule has 0 saturated carbocycles. The second-order valence-corrected chi connectivity index (χ2v) is 6.49. The minimum Gasteiger partial charge on any atom is -0.337 e. The van der Waals surface area contributed by atoms with Crippen LogP contribution in [0.1, 0.15) is 16.8 Å². The smallest absolute Gasteiger partial charge is 0.255 e. The first-order valence-electron chi connectivity index (χ1n) is 5.65. The number of thiophene rings is 1. The molecule has 0 radical (unpaired) electrons. The van der Waals surface area contributed by atoms with Crippen molar-refractivity contribution in [3.05, 3.63) is 35.2 Å². The molecule has 0 spiro atoms. The molecule has 2 aromatic rings. The zero-order valence-corrected chi connectivity index (χ0v) is 11.6. The third-order valence-electron chi connectivity index (χ3n) is 3.13. The van der Waals surface area contributed by atoms with Crippen molar-refractivity contribution >= 4 is 43.3 Å². The van der Waals surface area contributed by atoms with Gasteiger partial charge in [0.25, 0.3) is 5.91 Å². The van der Waals surface area contributed by atoms with E-state index in [9.17, 15) is 4.79 Å². The van der Waals surface area contributed by atoms with Gasteiger partial charge in [0, 0.05) is 33.4 Å². The zero-order valence-electron chi connectivity index (χ0n) is 9.23. The summed E-state index contributed by atoms with van der Waals surface area (Å²) in [6.45, 7) is 1.68. The Morgan fingerprint density at radius 3 is 3.00 bits per heavy atom. The molecule has 2 heterocycles. The molecular weight excluding hydrogens is 298 g/mol. The van der Waals surface area contributed by atoms with Crippen molar-refractivity contribution in [2.75, 3.05) is 13.1 Å². The SMILES string of the molecule is O=C(c1csc2ccccc12)N1CCC(Br)C1. The molecule has 1 aliphatic rings. The summed E-state index contributed by atoms with van der Waals surface area (Å²) < 4.78 is 1.19. The molecule has 3 rings (SSSR count). The Morgan fingerprint density at radius 1 is 1.41 bits per heavy atom. The van der Waals surface area contributed by atoms with Crippen LogP contribution in [0.25, 0.3) is 10.1 Å². The van der Waals surface area contributed by atoms with Crippen molar-refractivity contribution < 1.29 is 4.79 Å². The van der Waals surface area contributed by atoms with Crippen molar-refractivity contribution in [3.8, 4) is 0 Å². The molecule has 2 nitrogen and oxygen atoms in total. The van der Waals surface area contributed by atoms with Crippen LogP contribution in [0, 0.1) is 0 Å². The standard InChI is InChI=1S/C13H12BrNOS/c14-9-5-6-15(7-9)13(16)11-8-17-12-4-2-1-3-10(11)12/h1-4,8-9H,5-7H2. The van der Waals surface area contributed by atoms with Crippen LogP contribution in [0.15, 0.2) is 29.6 Å². The first-order chi connectivity index (χ1) is 8.25. The topological polar surface area (TPSA) is 20.3 Å². The largest absolute Gasteiger partial charge is 0.337 e. The normalized spacial score (nSPS) is 20.1. The van der Waals surface area contributed by atoms with Gasteiger partial charge in [0.2, 0.25) is 0 Å². The van der Waals surface area contributed by atoms with Gasteiger partial charge in [-0.1, -0.05) is 34.1 Å². The van der Waals surface area contributed by atoms with Crippen molar-refractivity contribution in [1.82, 2.24) is 4.90 Å². The first kappa shape index (κ1) is 11.2. The van der Waals surface area contributed by atoms with Crippen LogP contribution < -0.4 is 0 Å². The number of hydrogen-bond acceptors (Lipinski definition) is 2. The molecule has 1 aromatic heterocycles. The number of benzene rings is 1. The number of likely N-dealkylation sites (tertiary alicyclic amines) is 1. The molecule has 1 aromatic carbocycles. The van der Waals surface area contributed by atoms with Gasteiger partial charge < -0.3 is 4.90 Å². The van der Waals surface area contributed by atoms with E-state index < -0.39 is 0 Å². The maximum Gasteiger partial charge on any atom is 0.255 e. The fraction of sp³-hybridized carbons (Fsp3) is 0.308. The molecule has 1 fully saturated rings. The van der Waals surface area contributed by atoms with Gasteiger partial charge in [0.15, 0.2) is 0 Å². The predicted molar refractivity (Wildman–Crippen MR) is 75.1 cm³/mol. The molecule has 1 unspecified atom stereocenters. The quantitative estimate of drug-likeness (QED) is 0.738. The van der Waals surface area contributed by atoms with Crippen molar-refractivity contribution in [2.24, 2.45) is 0 Å². The molecule has 1 amide bonds. The van der Waals surface area contributed by atoms with Crippen LogP contribution in [0.3, 0.4) is 0 Å². The number of fused-ring (bicyclic) bond motifs is 1. The van der Waals surface area contributed by atoms with E-state index in [1.54, 1.807) is 11.3 Å². The van der Waals surface area contributed by atoms with Gasteiger partial charge in [-0.15, -0.1) is 11.3 Å². The van der Waals surface area contributed by atoms with Gasteiger partial charge in [0.1, 0.15) is 0 Å². The average Bonchev–Trinajstić information content (AvgIpc) is 2.94. The Labute approximate surface area is 112 Å². The summed E-state index contributed by atoms with van der Waals surface area (Å²) in [6.07, 6.45) is 1.05. The van der Waals surface area contributed by atoms with Crippen molar-refractivity contribution in [1.29, 1.82) is 0 Å². The molecule has 0 N–H and O–H groups in total. The Bertz CT molecular complexity index is 565. The highest BCUT2D eigenvalue weighted by atomic mass is 79.9. The lowest BCUT2D eigenvalue weighted by atomic mass is 10.1. The van der Waals surface area contributed by atoms with Crippen LogP contribution in [0.5, 0.6) is 0 Å². The monoisotopic (exact) mass is 309 g/mol. The number of halogens is 1. The fourth-order valence-corrected chi connectivity index (χ4v) is 3.70. The number of hydrogen-bond donors (Lipinski definition) is 0. The predicted octanol–water partition coefficient (Wildman–Crippen LogP) is 3.51. The van der Waals surface area contributed by atoms with E-state index in [1.165, 1.54) is 4.70 Å². The van der Waals surface area contributed by atoms with E-state index in [1.807, 2.05) is 28.5 Å². The van der Waals surface area contributed by atoms with Crippen LogP contribution >= 0.6 is 27.3 Å². The maximum absolute atomic E-state index is 12.4. The van der Waals surface area contributed by atoms with E-state index in [-0.39, 0.29) is 5.91 Å². The van der Waals surface area contributed by atoms with Gasteiger partial charge in [0.05, 0.1) is 5.56 Å². The summed E-state index contributed by atoms with van der Waals surface area (Å²) in [5.41, 5.74) is 0.854. The third kappa shape index (κ3) is 2.00. The van der Waals surface area contributed by atoms with Crippen molar-refractivity contribution in [2.45, 2.75) is 11.2 Å². The number of nitrogens with zero attached hydrogens (tertiary/aromatic N) is 1. The molecule has 1 saturated heterocycles. The van der Waals surface area contributed by atoms with E-state index in [0.29, 0.717) is 4.83 Å². The molecule has 4 heteroatoms. The summed E-state index contributed by atoms with van der Waals surface area (Å²) >= 11 is 5.21. The summed E-state index contributed by atoms with van der Waals surface area (Å²) in [6, 6.07) is 8.09. The van der Waals surface area contributed by atoms with E-state index in [4.69, 9.17) is 0 Å². The Hall–Kier alpha value is -0.870. The molecule has 0 bridgehead atoms. The number of rotatable bonds is 1. The number of alkyl halides is 1. The minimum absolute atomic E-state index is 0.171. The van der Waals surface area contributed by atoms with Crippen molar-refractivity contribution in [3.63, 3.8) is 0 Å². The van der Waals surface area contributed by atoms with Gasteiger partial charge in [-0.2, -0.15) is 0 Å². The lowest BCUT2D eigenvalue weighted by Gasteiger charge is -2.14. The Balaban J connectivity index is 1.96. The Morgan fingerprint density at radius 2 is 2.24 bits per heavy atom. The van der Waals surface area contributed by atoms with E-state index in [2.05, 4.69) is 22.0 Å². The van der Waals surface area contributed by atoms with Gasteiger partial charge >= 0.3 is 0 Å². The number of carbonyl (C=O) groups excluding carboxylic acids is 1. The summed E-state index contributed by atoms with van der Waals surface area (Å²) in [7, 11) is 0. The second kappa shape index (κ2) is 4.42. The summed E-state index contributed by atoms with van der Waals surface area (Å²) in [5.74, 6) is 0.171. The molecule has 1 atom stereocenters. The summed E-state index contributed by atoms with van der Waals surface area (Å²) in [5, 5.41) is 3.06. The highest BCUT2D eigenvalue weighted by Gasteiger charge is 2.26. The highest BCUT2D eigenvalue weighted by molar-refractivity contribution is 9.09. The third-order valence-corrected chi connectivity index (χ3v) is 4.84. The van der Waals surface area contributed by atoms with Crippen LogP contribution in [0.2, 0.25) is 0 Å². The van der Waals surface area contributed by atoms with E-state index >= 15 is 0 Å². The average molecular weight is 310 g/mol. The zero-order chi connectivity index (χ0) is 11.8. The molecule has 0 aliphatic carbocycles. The number of amides is 1. The first-order valence-corrected chi connectivity index (χ1v) is 7.45. The van der Waals surface area contributed by atoms with E-state index in [0.717, 1.165) is 30.5 Å². The Kier molecular flexibility index (Phi) is 2.92. The van der Waals surface area contributed by atoms with Gasteiger partial charge in [-0.3, -0.25) is 4.79 Å². The van der Waals surface area contributed by atoms with Gasteiger partial charge in [-0.25, -0.2) is 0 Å². The lowest BCUT2D eigenvalue weighted by Crippen LogP contribution is -2.28. The van der Waals surface area contributed by atoms with Crippen LogP contribution in [-0.4, -0.2) is 28.7 Å². The lowest BCUT2D eigenvalue weighted by molar-refractivity contribution is 0.0796. The minimum atomic E-state index is 0.171. The van der Waals surface area contributed by atoms with Gasteiger partial charge in [-0.05, 0) is 12.5 Å². The molecule has 17 heavy (non-hydrogen) atoms. The summed E-state index contributed by atoms with van der Waals surface area (Å²) in [4.78, 5) is 14.8. The molecular formula is C13H12BrNOS. The highest BCUT2D eigenvalue weighted by Crippen LogP contribution is 2.28. The second-order valence-electron chi connectivity index (χ2n) is 4.28.